The van der Waals surface area contributed by atoms with Gasteiger partial charge in [0, 0.05) is 24.5 Å². The van der Waals surface area contributed by atoms with Crippen molar-refractivity contribution in [3.63, 3.8) is 0 Å². The first-order valence-electron chi connectivity index (χ1n) is 7.56. The Hall–Kier alpha value is -1.72. The largest absolute Gasteiger partial charge is 0.115 e. The van der Waals surface area contributed by atoms with Gasteiger partial charge in [-0.25, -0.2) is 0 Å². The van der Waals surface area contributed by atoms with Crippen molar-refractivity contribution in [1.82, 2.24) is 0 Å². The normalized spacial score (nSPS) is 10.2. The van der Waals surface area contributed by atoms with Crippen LogP contribution in [0.5, 0.6) is 0 Å². The molecule has 3 aromatic rings. The highest BCUT2D eigenvalue weighted by molar-refractivity contribution is 9.11. The molecule has 0 saturated carbocycles. The highest BCUT2D eigenvalue weighted by Gasteiger charge is 2.13. The second-order valence-corrected chi connectivity index (χ2v) is 8.16. The second-order valence-electron chi connectivity index (χ2n) is 5.60. The molecule has 3 rings (SSSR count). The van der Waals surface area contributed by atoms with E-state index < -0.39 is 0 Å². The molecule has 122 valence electrons. The van der Waals surface area contributed by atoms with Gasteiger partial charge in [-0.1, -0.05) is 83.3 Å². The summed E-state index contributed by atoms with van der Waals surface area (Å²) in [6, 6.07) is 15.6. The van der Waals surface area contributed by atoms with Crippen molar-refractivity contribution >= 4 is 61.1 Å². The van der Waals surface area contributed by atoms with E-state index in [9.17, 15) is 0 Å². The molecule has 0 nitrogen and oxygen atoms in total. The predicted molar refractivity (Wildman–Crippen MR) is 122 cm³/mol. The fourth-order valence-electron chi connectivity index (χ4n) is 2.68. The number of hydrogen-bond donors (Lipinski definition) is 0. The standard InChI is InChI=1S/C22H10BBr3/c1-3-13-5-7-15(20(24)9-13)17-12-22(26)18(11-19(17)23)16-8-6-14(4-2)10-21(16)25/h1-2,5-12H. The molecule has 0 aromatic heterocycles. The van der Waals surface area contributed by atoms with Crippen LogP contribution < -0.4 is 5.46 Å². The molecule has 0 aliphatic rings. The Morgan fingerprint density at radius 3 is 1.54 bits per heavy atom. The molecular weight excluding hydrogens is 515 g/mol. The smallest absolute Gasteiger partial charge is 0.114 e. The zero-order valence-corrected chi connectivity index (χ0v) is 18.2. The van der Waals surface area contributed by atoms with E-state index in [4.69, 9.17) is 20.7 Å². The Morgan fingerprint density at radius 1 is 0.615 bits per heavy atom. The summed E-state index contributed by atoms with van der Waals surface area (Å²) in [5.74, 6) is 5.26. The zero-order chi connectivity index (χ0) is 18.8. The van der Waals surface area contributed by atoms with Gasteiger partial charge in [0.05, 0.1) is 0 Å². The van der Waals surface area contributed by atoms with Crippen LogP contribution in [-0.2, 0) is 0 Å². The molecule has 0 spiro atoms. The Morgan fingerprint density at radius 2 is 1.08 bits per heavy atom. The lowest BCUT2D eigenvalue weighted by atomic mass is 9.84. The van der Waals surface area contributed by atoms with Gasteiger partial charge in [0.15, 0.2) is 0 Å². The maximum Gasteiger partial charge on any atom is 0.114 e. The molecular formula is C22H10BBr3. The SMILES string of the molecule is [B]c1cc(-c2ccc(C#C)cc2Br)c(Br)cc1-c1ccc(C#C)cc1Br. The van der Waals surface area contributed by atoms with Crippen molar-refractivity contribution in [3.05, 3.63) is 73.1 Å². The third kappa shape index (κ3) is 3.69. The van der Waals surface area contributed by atoms with Crippen LogP contribution in [0.25, 0.3) is 22.3 Å². The second kappa shape index (κ2) is 7.89. The van der Waals surface area contributed by atoms with Gasteiger partial charge in [-0.05, 0) is 52.6 Å². The molecule has 26 heavy (non-hydrogen) atoms. The number of terminal acetylenes is 2. The van der Waals surface area contributed by atoms with Gasteiger partial charge in [-0.2, -0.15) is 0 Å². The molecule has 0 heterocycles. The summed E-state index contributed by atoms with van der Waals surface area (Å²) in [6.45, 7) is 0. The fourth-order valence-corrected chi connectivity index (χ4v) is 4.42. The number of rotatable bonds is 2. The summed E-state index contributed by atoms with van der Waals surface area (Å²) in [6.07, 6.45) is 10.9. The molecule has 0 N–H and O–H groups in total. The highest BCUT2D eigenvalue weighted by Crippen LogP contribution is 2.37. The minimum atomic E-state index is 0.672. The minimum absolute atomic E-state index is 0.672. The molecule has 0 aliphatic carbocycles. The van der Waals surface area contributed by atoms with Crippen LogP contribution in [0.1, 0.15) is 11.1 Å². The Balaban J connectivity index is 2.13. The zero-order valence-electron chi connectivity index (χ0n) is 13.5. The van der Waals surface area contributed by atoms with Gasteiger partial charge in [-0.15, -0.1) is 12.8 Å². The molecule has 0 bridgehead atoms. The highest BCUT2D eigenvalue weighted by atomic mass is 79.9. The lowest BCUT2D eigenvalue weighted by Crippen LogP contribution is -2.08. The fraction of sp³-hybridized carbons (Fsp3) is 0. The van der Waals surface area contributed by atoms with E-state index in [1.54, 1.807) is 0 Å². The average Bonchev–Trinajstić information content (AvgIpc) is 2.63. The molecule has 0 unspecified atom stereocenters. The molecule has 0 amide bonds. The maximum absolute atomic E-state index is 6.38. The topological polar surface area (TPSA) is 0 Å². The van der Waals surface area contributed by atoms with Crippen molar-refractivity contribution < 1.29 is 0 Å². The van der Waals surface area contributed by atoms with Crippen molar-refractivity contribution in [2.45, 2.75) is 0 Å². The van der Waals surface area contributed by atoms with Crippen LogP contribution in [-0.4, -0.2) is 7.85 Å². The molecule has 0 saturated heterocycles. The van der Waals surface area contributed by atoms with Crippen LogP contribution in [0.2, 0.25) is 0 Å². The van der Waals surface area contributed by atoms with Crippen molar-refractivity contribution in [1.29, 1.82) is 0 Å². The molecule has 0 atom stereocenters. The number of halogens is 3. The summed E-state index contributed by atoms with van der Waals surface area (Å²) in [5, 5.41) is 0. The van der Waals surface area contributed by atoms with Crippen molar-refractivity contribution in [2.24, 2.45) is 0 Å². The average molecular weight is 525 g/mol. The molecule has 3 aromatic carbocycles. The van der Waals surface area contributed by atoms with Crippen LogP contribution in [0.4, 0.5) is 0 Å². The van der Waals surface area contributed by atoms with E-state index in [1.807, 2.05) is 48.5 Å². The van der Waals surface area contributed by atoms with Crippen molar-refractivity contribution in [2.75, 3.05) is 0 Å². The summed E-state index contributed by atoms with van der Waals surface area (Å²) in [4.78, 5) is 0. The van der Waals surface area contributed by atoms with E-state index >= 15 is 0 Å². The summed E-state index contributed by atoms with van der Waals surface area (Å²) < 4.78 is 2.75. The number of benzene rings is 3. The molecule has 0 fully saturated rings. The Labute approximate surface area is 180 Å². The Kier molecular flexibility index (Phi) is 5.78. The first kappa shape index (κ1) is 19.1. The maximum atomic E-state index is 6.38. The first-order valence-corrected chi connectivity index (χ1v) is 9.94. The van der Waals surface area contributed by atoms with E-state index in [1.165, 1.54) is 0 Å². The predicted octanol–water partition coefficient (Wildman–Crippen LogP) is 6.06. The third-order valence-corrected chi connectivity index (χ3v) is 5.96. The van der Waals surface area contributed by atoms with Gasteiger partial charge in [-0.3, -0.25) is 0 Å². The van der Waals surface area contributed by atoms with Crippen molar-refractivity contribution in [3.8, 4) is 46.9 Å². The monoisotopic (exact) mass is 522 g/mol. The van der Waals surface area contributed by atoms with E-state index in [0.29, 0.717) is 5.46 Å². The van der Waals surface area contributed by atoms with Crippen LogP contribution in [0, 0.1) is 24.7 Å². The first-order chi connectivity index (χ1) is 12.4. The van der Waals surface area contributed by atoms with Gasteiger partial charge in [0.2, 0.25) is 0 Å². The van der Waals surface area contributed by atoms with Crippen LogP contribution in [0.3, 0.4) is 0 Å². The minimum Gasteiger partial charge on any atom is -0.115 e. The van der Waals surface area contributed by atoms with E-state index in [2.05, 4.69) is 59.6 Å². The van der Waals surface area contributed by atoms with Gasteiger partial charge in [0.1, 0.15) is 7.85 Å². The van der Waals surface area contributed by atoms with E-state index in [-0.39, 0.29) is 0 Å². The lowest BCUT2D eigenvalue weighted by Gasteiger charge is -2.15. The van der Waals surface area contributed by atoms with Crippen LogP contribution in [0.15, 0.2) is 61.9 Å². The molecule has 4 heteroatoms. The summed E-state index contributed by atoms with van der Waals surface area (Å²) >= 11 is 10.8. The lowest BCUT2D eigenvalue weighted by molar-refractivity contribution is 1.53. The van der Waals surface area contributed by atoms with Crippen LogP contribution >= 0.6 is 47.8 Å². The van der Waals surface area contributed by atoms with Gasteiger partial charge in [0.25, 0.3) is 0 Å². The summed E-state index contributed by atoms with van der Waals surface area (Å²) in [7, 11) is 6.38. The Bertz CT molecular complexity index is 1010. The molecule has 2 radical (unpaired) electrons. The molecule has 0 aliphatic heterocycles. The number of hydrogen-bond acceptors (Lipinski definition) is 0. The van der Waals surface area contributed by atoms with Gasteiger partial charge < -0.3 is 0 Å². The van der Waals surface area contributed by atoms with Gasteiger partial charge >= 0.3 is 0 Å². The third-order valence-electron chi connectivity index (χ3n) is 3.99. The van der Waals surface area contributed by atoms with E-state index in [0.717, 1.165) is 46.8 Å². The quantitative estimate of drug-likeness (QED) is 0.282. The summed E-state index contributed by atoms with van der Waals surface area (Å²) in [5.41, 5.74) is 6.20.